The lowest BCUT2D eigenvalue weighted by Crippen LogP contribution is -2.14. The molecule has 0 atom stereocenters. The summed E-state index contributed by atoms with van der Waals surface area (Å²) in [6.45, 7) is 1.75. The van der Waals surface area contributed by atoms with Crippen LogP contribution in [0.25, 0.3) is 5.69 Å². The maximum atomic E-state index is 12.1. The molecule has 0 aliphatic rings. The zero-order valence-corrected chi connectivity index (χ0v) is 11.1. The molecule has 3 aromatic rings. The number of aromatic nitrogens is 6. The molecule has 0 saturated heterocycles. The summed E-state index contributed by atoms with van der Waals surface area (Å²) in [5, 5.41) is 20.2. The number of nitrogens with two attached hydrogens (primary N) is 1. The first-order chi connectivity index (χ1) is 10.1. The molecule has 106 valence electrons. The predicted molar refractivity (Wildman–Crippen MR) is 74.8 cm³/mol. The van der Waals surface area contributed by atoms with Crippen LogP contribution in [-0.2, 0) is 0 Å². The van der Waals surface area contributed by atoms with Crippen molar-refractivity contribution in [3.8, 4) is 5.69 Å². The van der Waals surface area contributed by atoms with E-state index in [1.54, 1.807) is 31.2 Å². The minimum Gasteiger partial charge on any atom is -0.395 e. The quantitative estimate of drug-likeness (QED) is 0.643. The van der Waals surface area contributed by atoms with Crippen molar-refractivity contribution < 1.29 is 4.79 Å². The fourth-order valence-electron chi connectivity index (χ4n) is 1.78. The van der Waals surface area contributed by atoms with Gasteiger partial charge in [0.1, 0.15) is 6.33 Å². The van der Waals surface area contributed by atoms with Crippen molar-refractivity contribution in [2.45, 2.75) is 6.92 Å². The highest BCUT2D eigenvalue weighted by molar-refractivity contribution is 6.06. The molecule has 3 rings (SSSR count). The topological polar surface area (TPSA) is 127 Å². The third-order valence-corrected chi connectivity index (χ3v) is 2.95. The van der Waals surface area contributed by atoms with Gasteiger partial charge in [0.25, 0.3) is 5.91 Å². The summed E-state index contributed by atoms with van der Waals surface area (Å²) in [5.41, 5.74) is 8.36. The minimum absolute atomic E-state index is 0.178. The fraction of sp³-hybridized carbons (Fsp3) is 0.0833. The molecule has 0 aliphatic heterocycles. The van der Waals surface area contributed by atoms with Crippen molar-refractivity contribution in [1.82, 2.24) is 30.4 Å². The van der Waals surface area contributed by atoms with E-state index >= 15 is 0 Å². The van der Waals surface area contributed by atoms with Gasteiger partial charge in [-0.05, 0) is 41.6 Å². The number of carbonyl (C=O) groups excluding carboxylic acids is 1. The van der Waals surface area contributed by atoms with E-state index in [1.807, 2.05) is 0 Å². The van der Waals surface area contributed by atoms with E-state index in [2.05, 4.69) is 31.0 Å². The van der Waals surface area contributed by atoms with E-state index in [0.29, 0.717) is 17.1 Å². The first-order valence-corrected chi connectivity index (χ1v) is 6.10. The van der Waals surface area contributed by atoms with Gasteiger partial charge in [-0.3, -0.25) is 9.89 Å². The molecule has 0 unspecified atom stereocenters. The van der Waals surface area contributed by atoms with Crippen LogP contribution in [0, 0.1) is 6.92 Å². The van der Waals surface area contributed by atoms with Crippen molar-refractivity contribution in [2.75, 3.05) is 11.1 Å². The summed E-state index contributed by atoms with van der Waals surface area (Å²) in [5.74, 6) is -0.368. The average molecular weight is 284 g/mol. The van der Waals surface area contributed by atoms with Gasteiger partial charge in [0.2, 0.25) is 0 Å². The first kappa shape index (κ1) is 12.8. The molecule has 0 saturated carbocycles. The highest BCUT2D eigenvalue weighted by Crippen LogP contribution is 2.16. The lowest BCUT2D eigenvalue weighted by molar-refractivity contribution is 0.102. The predicted octanol–water partition coefficient (Wildman–Crippen LogP) is 0.528. The van der Waals surface area contributed by atoms with Crippen molar-refractivity contribution in [1.29, 1.82) is 0 Å². The van der Waals surface area contributed by atoms with Crippen LogP contribution < -0.4 is 11.1 Å². The van der Waals surface area contributed by atoms with E-state index in [9.17, 15) is 4.79 Å². The van der Waals surface area contributed by atoms with Crippen LogP contribution in [0.5, 0.6) is 0 Å². The molecule has 1 aromatic carbocycles. The van der Waals surface area contributed by atoms with Gasteiger partial charge in [0.05, 0.1) is 17.1 Å². The minimum atomic E-state index is -0.368. The number of anilines is 2. The number of H-pyrrole nitrogens is 1. The molecule has 0 spiro atoms. The molecule has 21 heavy (non-hydrogen) atoms. The zero-order valence-electron chi connectivity index (χ0n) is 11.1. The van der Waals surface area contributed by atoms with Crippen LogP contribution in [0.15, 0.2) is 30.6 Å². The number of nitrogens with zero attached hydrogens (tertiary/aromatic N) is 5. The first-order valence-electron chi connectivity index (χ1n) is 6.10. The fourth-order valence-corrected chi connectivity index (χ4v) is 1.78. The van der Waals surface area contributed by atoms with Gasteiger partial charge < -0.3 is 11.1 Å². The number of hydrogen-bond donors (Lipinski definition) is 3. The molecule has 1 amide bonds. The largest absolute Gasteiger partial charge is 0.395 e. The monoisotopic (exact) mass is 284 g/mol. The Morgan fingerprint density at radius 3 is 2.67 bits per heavy atom. The summed E-state index contributed by atoms with van der Waals surface area (Å²) in [6, 6.07) is 7.05. The molecular weight excluding hydrogens is 272 g/mol. The summed E-state index contributed by atoms with van der Waals surface area (Å²) in [7, 11) is 0. The second kappa shape index (κ2) is 5.04. The average Bonchev–Trinajstić information content (AvgIpc) is 3.11. The summed E-state index contributed by atoms with van der Waals surface area (Å²) < 4.78 is 1.51. The molecule has 0 bridgehead atoms. The van der Waals surface area contributed by atoms with E-state index in [0.717, 1.165) is 5.69 Å². The number of aryl methyl sites for hydroxylation is 1. The van der Waals surface area contributed by atoms with Gasteiger partial charge in [0, 0.05) is 5.69 Å². The van der Waals surface area contributed by atoms with Gasteiger partial charge in [-0.15, -0.1) is 5.10 Å². The number of aromatic amines is 1. The molecule has 9 nitrogen and oxygen atoms in total. The molecule has 2 heterocycles. The van der Waals surface area contributed by atoms with Crippen LogP contribution in [-0.4, -0.2) is 36.3 Å². The maximum absolute atomic E-state index is 12.1. The second-order valence-electron chi connectivity index (χ2n) is 4.37. The van der Waals surface area contributed by atoms with E-state index in [4.69, 9.17) is 5.73 Å². The standard InChI is InChI=1S/C12H12N8O/c1-7-10(13)11(17-16-7)12(21)15-8-2-4-9(5-3-8)20-6-14-18-19-20/h2-6H,13H2,1H3,(H,15,21)(H,16,17). The van der Waals surface area contributed by atoms with E-state index in [1.165, 1.54) is 11.0 Å². The Hall–Kier alpha value is -3.23. The number of benzene rings is 1. The normalized spacial score (nSPS) is 10.5. The van der Waals surface area contributed by atoms with Gasteiger partial charge in [-0.25, -0.2) is 4.68 Å². The number of carbonyl (C=O) groups is 1. The molecule has 4 N–H and O–H groups in total. The number of nitrogens with one attached hydrogen (secondary N) is 2. The lowest BCUT2D eigenvalue weighted by Gasteiger charge is -2.05. The third-order valence-electron chi connectivity index (χ3n) is 2.95. The number of rotatable bonds is 3. The summed E-state index contributed by atoms with van der Waals surface area (Å²) in [4.78, 5) is 12.1. The van der Waals surface area contributed by atoms with Crippen molar-refractivity contribution in [3.63, 3.8) is 0 Å². The van der Waals surface area contributed by atoms with Crippen molar-refractivity contribution in [3.05, 3.63) is 42.0 Å². The number of nitrogen functional groups attached to an aromatic ring is 1. The van der Waals surface area contributed by atoms with E-state index < -0.39 is 0 Å². The smallest absolute Gasteiger partial charge is 0.278 e. The van der Waals surface area contributed by atoms with Crippen LogP contribution in [0.1, 0.15) is 16.2 Å². The van der Waals surface area contributed by atoms with Crippen molar-refractivity contribution in [2.24, 2.45) is 0 Å². The molecule has 0 aliphatic carbocycles. The Bertz CT molecular complexity index is 759. The third kappa shape index (κ3) is 2.43. The van der Waals surface area contributed by atoms with Gasteiger partial charge in [-0.2, -0.15) is 5.10 Å². The van der Waals surface area contributed by atoms with Gasteiger partial charge in [0.15, 0.2) is 5.69 Å². The highest BCUT2D eigenvalue weighted by Gasteiger charge is 2.15. The number of amides is 1. The number of tetrazole rings is 1. The molecule has 0 fully saturated rings. The Balaban J connectivity index is 1.76. The molecule has 9 heteroatoms. The van der Waals surface area contributed by atoms with Crippen LogP contribution in [0.3, 0.4) is 0 Å². The van der Waals surface area contributed by atoms with E-state index in [-0.39, 0.29) is 11.6 Å². The second-order valence-corrected chi connectivity index (χ2v) is 4.37. The Labute approximate surface area is 119 Å². The lowest BCUT2D eigenvalue weighted by atomic mass is 10.2. The number of hydrogen-bond acceptors (Lipinski definition) is 6. The van der Waals surface area contributed by atoms with Gasteiger partial charge in [-0.1, -0.05) is 0 Å². The van der Waals surface area contributed by atoms with Gasteiger partial charge >= 0.3 is 0 Å². The summed E-state index contributed by atoms with van der Waals surface area (Å²) in [6.07, 6.45) is 1.49. The highest BCUT2D eigenvalue weighted by atomic mass is 16.2. The Morgan fingerprint density at radius 2 is 2.10 bits per heavy atom. The summed E-state index contributed by atoms with van der Waals surface area (Å²) >= 11 is 0. The van der Waals surface area contributed by atoms with Crippen LogP contribution >= 0.6 is 0 Å². The molecule has 2 aromatic heterocycles. The maximum Gasteiger partial charge on any atom is 0.278 e. The Morgan fingerprint density at radius 1 is 1.33 bits per heavy atom. The van der Waals surface area contributed by atoms with Crippen molar-refractivity contribution >= 4 is 17.3 Å². The zero-order chi connectivity index (χ0) is 14.8. The van der Waals surface area contributed by atoms with Crippen LogP contribution in [0.2, 0.25) is 0 Å². The SMILES string of the molecule is Cc1[nH]nc(C(=O)Nc2ccc(-n3cnnn3)cc2)c1N. The molecular formula is C12H12N8O. The molecule has 0 radical (unpaired) electrons. The Kier molecular flexibility index (Phi) is 3.07. The van der Waals surface area contributed by atoms with Crippen LogP contribution in [0.4, 0.5) is 11.4 Å².